The van der Waals surface area contributed by atoms with E-state index in [2.05, 4.69) is 20.6 Å². The number of anilines is 1. The first-order chi connectivity index (χ1) is 22.1. The summed E-state index contributed by atoms with van der Waals surface area (Å²) in [5.41, 5.74) is -0.300. The highest BCUT2D eigenvalue weighted by Crippen LogP contribution is 2.32. The van der Waals surface area contributed by atoms with Crippen molar-refractivity contribution in [3.05, 3.63) is 89.0 Å². The molecule has 9 nitrogen and oxygen atoms in total. The van der Waals surface area contributed by atoms with E-state index in [9.17, 15) is 44.7 Å². The molecule has 0 bridgehead atoms. The first kappa shape index (κ1) is 35.5. The summed E-state index contributed by atoms with van der Waals surface area (Å²) in [6, 6.07) is 7.03. The molecule has 2 amide bonds. The van der Waals surface area contributed by atoms with Crippen molar-refractivity contribution in [1.29, 1.82) is 0 Å². The van der Waals surface area contributed by atoms with Gasteiger partial charge in [-0.15, -0.1) is 0 Å². The van der Waals surface area contributed by atoms with Gasteiger partial charge in [0.25, 0.3) is 0 Å². The standard InChI is InChI=1S/C30H29F8N5O4/c1-43(16-29(33,34)35)28(45)47-27-15-46-20(12-41-27)7-8-21-23(32)13-39-14-24(21)42-26(44)10-22(17-2-5-19(31)6-3-17)18-4-9-25(40-11-18)30(36,37)38/h2-6,9,11,13-14,20,22,27,41H,7-8,10,12,15-16H2,1H3,(H,42,44)/t20-,22+,27+/m1/s1. The number of aromatic nitrogens is 2. The van der Waals surface area contributed by atoms with Crippen LogP contribution in [0.15, 0.2) is 55.0 Å². The summed E-state index contributed by atoms with van der Waals surface area (Å²) in [4.78, 5) is 32.7. The summed E-state index contributed by atoms with van der Waals surface area (Å²) in [6.07, 6.45) is -8.84. The van der Waals surface area contributed by atoms with Crippen LogP contribution in [-0.4, -0.2) is 72.1 Å². The number of benzene rings is 1. The molecule has 2 N–H and O–H groups in total. The monoisotopic (exact) mass is 675 g/mol. The van der Waals surface area contributed by atoms with Crippen LogP contribution in [0.4, 0.5) is 45.6 Å². The van der Waals surface area contributed by atoms with Crippen molar-refractivity contribution in [1.82, 2.24) is 20.2 Å². The van der Waals surface area contributed by atoms with Gasteiger partial charge in [-0.25, -0.2) is 13.6 Å². The van der Waals surface area contributed by atoms with Gasteiger partial charge in [-0.1, -0.05) is 18.2 Å². The van der Waals surface area contributed by atoms with Gasteiger partial charge in [0, 0.05) is 37.7 Å². The lowest BCUT2D eigenvalue weighted by molar-refractivity contribution is -0.143. The van der Waals surface area contributed by atoms with Crippen LogP contribution in [0.2, 0.25) is 0 Å². The number of carbonyl (C=O) groups excluding carboxylic acids is 2. The van der Waals surface area contributed by atoms with Gasteiger partial charge in [-0.3, -0.25) is 20.1 Å². The maximum atomic E-state index is 14.9. The number of hydrogen-bond donors (Lipinski definition) is 2. The third kappa shape index (κ3) is 10.3. The number of halogens is 8. The summed E-state index contributed by atoms with van der Waals surface area (Å²) >= 11 is 0. The largest absolute Gasteiger partial charge is 0.433 e. The number of carbonyl (C=O) groups is 2. The van der Waals surface area contributed by atoms with E-state index in [-0.39, 0.29) is 49.2 Å². The van der Waals surface area contributed by atoms with E-state index in [0.717, 1.165) is 37.6 Å². The molecular formula is C30H29F8N5O4. The zero-order valence-corrected chi connectivity index (χ0v) is 24.7. The van der Waals surface area contributed by atoms with Crippen molar-refractivity contribution in [3.63, 3.8) is 0 Å². The smallest absolute Gasteiger partial charge is 0.428 e. The van der Waals surface area contributed by atoms with Gasteiger partial charge in [0.1, 0.15) is 23.9 Å². The number of hydrogen-bond acceptors (Lipinski definition) is 7. The molecule has 1 aliphatic rings. The van der Waals surface area contributed by atoms with Crippen LogP contribution < -0.4 is 10.6 Å². The summed E-state index contributed by atoms with van der Waals surface area (Å²) in [6.45, 7) is -1.55. The molecule has 1 aromatic carbocycles. The SMILES string of the molecule is CN(CC(F)(F)F)C(=O)O[C@H]1CO[C@H](CCc2c(F)cncc2NC(=O)C[C@@H](c2ccc(F)cc2)c2ccc(C(F)(F)F)nc2)CN1. The third-order valence-corrected chi connectivity index (χ3v) is 7.16. The predicted octanol–water partition coefficient (Wildman–Crippen LogP) is 5.81. The molecule has 3 heterocycles. The Hall–Kier alpha value is -4.38. The van der Waals surface area contributed by atoms with Crippen LogP contribution in [-0.2, 0) is 26.9 Å². The minimum atomic E-state index is -4.67. The lowest BCUT2D eigenvalue weighted by atomic mass is 9.89. The number of morpholine rings is 1. The van der Waals surface area contributed by atoms with Gasteiger partial charge in [0.05, 0.1) is 30.8 Å². The molecular weight excluding hydrogens is 646 g/mol. The molecule has 0 unspecified atom stereocenters. The van der Waals surface area contributed by atoms with Crippen molar-refractivity contribution in [2.45, 2.75) is 49.9 Å². The number of pyridine rings is 2. The molecule has 47 heavy (non-hydrogen) atoms. The number of ether oxygens (including phenoxy) is 2. The zero-order valence-electron chi connectivity index (χ0n) is 24.7. The van der Waals surface area contributed by atoms with Gasteiger partial charge in [0.15, 0.2) is 6.23 Å². The number of nitrogens with zero attached hydrogens (tertiary/aromatic N) is 3. The fourth-order valence-corrected chi connectivity index (χ4v) is 4.83. The average molecular weight is 676 g/mol. The van der Waals surface area contributed by atoms with E-state index in [0.29, 0.717) is 10.5 Å². The number of nitrogens with one attached hydrogen (secondary N) is 2. The molecule has 2 aromatic heterocycles. The molecule has 17 heteroatoms. The topological polar surface area (TPSA) is 106 Å². The Kier molecular flexibility index (Phi) is 11.3. The molecule has 4 rings (SSSR count). The lowest BCUT2D eigenvalue weighted by Crippen LogP contribution is -2.50. The van der Waals surface area contributed by atoms with E-state index >= 15 is 0 Å². The summed E-state index contributed by atoms with van der Waals surface area (Å²) < 4.78 is 116. The van der Waals surface area contributed by atoms with Crippen LogP contribution in [0.1, 0.15) is 41.1 Å². The van der Waals surface area contributed by atoms with Crippen molar-refractivity contribution in [2.75, 3.05) is 32.1 Å². The van der Waals surface area contributed by atoms with Gasteiger partial charge < -0.3 is 19.7 Å². The molecule has 0 saturated carbocycles. The van der Waals surface area contributed by atoms with Crippen LogP contribution in [0.3, 0.4) is 0 Å². The second-order valence-corrected chi connectivity index (χ2v) is 10.7. The van der Waals surface area contributed by atoms with E-state index in [1.807, 2.05) is 0 Å². The van der Waals surface area contributed by atoms with Crippen LogP contribution in [0.25, 0.3) is 0 Å². The minimum Gasteiger partial charge on any atom is -0.428 e. The fraction of sp³-hybridized carbons (Fsp3) is 0.400. The van der Waals surface area contributed by atoms with Crippen LogP contribution in [0.5, 0.6) is 0 Å². The van der Waals surface area contributed by atoms with Crippen molar-refractivity contribution in [2.24, 2.45) is 0 Å². The zero-order chi connectivity index (χ0) is 34.4. The summed E-state index contributed by atoms with van der Waals surface area (Å²) in [5.74, 6) is -2.75. The molecule has 0 aliphatic carbocycles. The number of amides is 2. The molecule has 1 saturated heterocycles. The van der Waals surface area contributed by atoms with Gasteiger partial charge in [-0.05, 0) is 42.2 Å². The number of rotatable bonds is 10. The molecule has 254 valence electrons. The Morgan fingerprint density at radius 3 is 2.34 bits per heavy atom. The fourth-order valence-electron chi connectivity index (χ4n) is 4.83. The highest BCUT2D eigenvalue weighted by atomic mass is 19.4. The highest BCUT2D eigenvalue weighted by Gasteiger charge is 2.34. The predicted molar refractivity (Wildman–Crippen MR) is 150 cm³/mol. The maximum absolute atomic E-state index is 14.9. The number of alkyl halides is 6. The second-order valence-electron chi connectivity index (χ2n) is 10.7. The first-order valence-electron chi connectivity index (χ1n) is 14.1. The Labute approximate surface area is 263 Å². The Morgan fingerprint density at radius 1 is 1.04 bits per heavy atom. The Balaban J connectivity index is 1.38. The normalized spacial score (nSPS) is 17.6. The molecule has 1 fully saturated rings. The van der Waals surface area contributed by atoms with Gasteiger partial charge in [0.2, 0.25) is 5.91 Å². The quantitative estimate of drug-likeness (QED) is 0.262. The summed E-state index contributed by atoms with van der Waals surface area (Å²) in [5, 5.41) is 5.44. The van der Waals surface area contributed by atoms with Gasteiger partial charge in [-0.2, -0.15) is 26.3 Å². The van der Waals surface area contributed by atoms with E-state index < -0.39 is 66.5 Å². The average Bonchev–Trinajstić information content (AvgIpc) is 3.00. The Morgan fingerprint density at radius 2 is 1.74 bits per heavy atom. The van der Waals surface area contributed by atoms with Crippen LogP contribution in [0, 0.1) is 11.6 Å². The first-order valence-corrected chi connectivity index (χ1v) is 14.1. The van der Waals surface area contributed by atoms with E-state index in [1.54, 1.807) is 0 Å². The van der Waals surface area contributed by atoms with Crippen molar-refractivity contribution in [3.8, 4) is 0 Å². The molecule has 1 aliphatic heterocycles. The second kappa shape index (κ2) is 15.0. The van der Waals surface area contributed by atoms with E-state index in [4.69, 9.17) is 9.47 Å². The minimum absolute atomic E-state index is 0.0432. The molecule has 0 spiro atoms. The molecule has 3 aromatic rings. The van der Waals surface area contributed by atoms with Crippen molar-refractivity contribution >= 4 is 17.7 Å². The van der Waals surface area contributed by atoms with Crippen molar-refractivity contribution < 1.29 is 54.2 Å². The van der Waals surface area contributed by atoms with Crippen LogP contribution >= 0.6 is 0 Å². The maximum Gasteiger partial charge on any atom is 0.433 e. The van der Waals surface area contributed by atoms with E-state index in [1.165, 1.54) is 24.4 Å². The van der Waals surface area contributed by atoms with Gasteiger partial charge >= 0.3 is 18.4 Å². The molecule has 3 atom stereocenters. The summed E-state index contributed by atoms with van der Waals surface area (Å²) in [7, 11) is 0.941. The lowest BCUT2D eigenvalue weighted by Gasteiger charge is -2.31. The molecule has 0 radical (unpaired) electrons. The third-order valence-electron chi connectivity index (χ3n) is 7.16. The Bertz CT molecular complexity index is 1510. The highest BCUT2D eigenvalue weighted by molar-refractivity contribution is 5.92.